The van der Waals surface area contributed by atoms with Gasteiger partial charge in [-0.15, -0.1) is 0 Å². The Morgan fingerprint density at radius 2 is 2.17 bits per heavy atom. The van der Waals surface area contributed by atoms with Gasteiger partial charge < -0.3 is 4.74 Å². The highest BCUT2D eigenvalue weighted by Gasteiger charge is 2.48. The van der Waals surface area contributed by atoms with E-state index in [0.29, 0.717) is 18.1 Å². The molecule has 0 radical (unpaired) electrons. The van der Waals surface area contributed by atoms with Crippen LogP contribution in [0.15, 0.2) is 24.3 Å². The second kappa shape index (κ2) is 3.71. The maximum atomic E-state index is 12.2. The summed E-state index contributed by atoms with van der Waals surface area (Å²) in [5.41, 5.74) is 3.33. The molecule has 3 rings (SSSR count). The van der Waals surface area contributed by atoms with Crippen LogP contribution in [0, 0.1) is 5.41 Å². The predicted molar refractivity (Wildman–Crippen MR) is 71.7 cm³/mol. The van der Waals surface area contributed by atoms with E-state index in [4.69, 9.17) is 4.74 Å². The lowest BCUT2D eigenvalue weighted by Crippen LogP contribution is -2.28. The monoisotopic (exact) mass is 242 g/mol. The minimum absolute atomic E-state index is 0.302. The number of methoxy groups -OCH3 is 1. The third kappa shape index (κ3) is 1.32. The number of fused-ring (bicyclic) bond motifs is 3. The molecule has 2 nitrogen and oxygen atoms in total. The molecule has 0 amide bonds. The largest absolute Gasteiger partial charge is 0.496 e. The maximum absolute atomic E-state index is 12.2. The van der Waals surface area contributed by atoms with Gasteiger partial charge in [0.2, 0.25) is 0 Å². The molecule has 1 aromatic rings. The minimum Gasteiger partial charge on any atom is -0.496 e. The molecule has 0 saturated heterocycles. The van der Waals surface area contributed by atoms with E-state index in [1.807, 2.05) is 12.1 Å². The molecule has 2 aliphatic rings. The Morgan fingerprint density at radius 3 is 2.89 bits per heavy atom. The van der Waals surface area contributed by atoms with E-state index in [1.165, 1.54) is 11.1 Å². The highest BCUT2D eigenvalue weighted by Crippen LogP contribution is 2.54. The molecule has 0 bridgehead atoms. The van der Waals surface area contributed by atoms with E-state index in [-0.39, 0.29) is 5.41 Å². The van der Waals surface area contributed by atoms with Gasteiger partial charge in [0, 0.05) is 17.9 Å². The molecule has 94 valence electrons. The highest BCUT2D eigenvalue weighted by atomic mass is 16.5. The fourth-order valence-corrected chi connectivity index (χ4v) is 3.65. The smallest absolute Gasteiger partial charge is 0.143 e. The summed E-state index contributed by atoms with van der Waals surface area (Å²) in [5.74, 6) is 1.61. The number of ether oxygens (including phenoxy) is 1. The van der Waals surface area contributed by atoms with Crippen LogP contribution in [-0.2, 0) is 4.79 Å². The SMILES string of the molecule is COc1cccc2c1C(C)=C[C@]1(C)C(=O)CC[C@@H]21. The molecular formula is C16H18O2. The molecule has 2 aliphatic carbocycles. The van der Waals surface area contributed by atoms with Crippen molar-refractivity contribution < 1.29 is 9.53 Å². The van der Waals surface area contributed by atoms with Crippen LogP contribution in [0.1, 0.15) is 43.7 Å². The van der Waals surface area contributed by atoms with Gasteiger partial charge in [0.25, 0.3) is 0 Å². The zero-order chi connectivity index (χ0) is 12.9. The summed E-state index contributed by atoms with van der Waals surface area (Å²) >= 11 is 0. The Balaban J connectivity index is 2.26. The normalized spacial score (nSPS) is 29.6. The summed E-state index contributed by atoms with van der Waals surface area (Å²) in [4.78, 5) is 12.2. The van der Waals surface area contributed by atoms with E-state index >= 15 is 0 Å². The lowest BCUT2D eigenvalue weighted by atomic mass is 9.68. The van der Waals surface area contributed by atoms with Gasteiger partial charge in [-0.2, -0.15) is 0 Å². The molecule has 1 saturated carbocycles. The van der Waals surface area contributed by atoms with E-state index in [1.54, 1.807) is 7.11 Å². The number of allylic oxidation sites excluding steroid dienone is 2. The van der Waals surface area contributed by atoms with Gasteiger partial charge in [-0.1, -0.05) is 18.2 Å². The molecule has 0 N–H and O–H groups in total. The van der Waals surface area contributed by atoms with Crippen LogP contribution >= 0.6 is 0 Å². The topological polar surface area (TPSA) is 26.3 Å². The molecule has 18 heavy (non-hydrogen) atoms. The average molecular weight is 242 g/mol. The molecule has 1 aromatic carbocycles. The van der Waals surface area contributed by atoms with E-state index < -0.39 is 0 Å². The number of carbonyl (C=O) groups excluding carboxylic acids is 1. The molecule has 0 heterocycles. The van der Waals surface area contributed by atoms with Gasteiger partial charge in [0.05, 0.1) is 12.5 Å². The number of rotatable bonds is 1. The van der Waals surface area contributed by atoms with E-state index in [2.05, 4.69) is 26.0 Å². The molecule has 0 spiro atoms. The first-order chi connectivity index (χ1) is 8.58. The Labute approximate surface area is 108 Å². The Morgan fingerprint density at radius 1 is 1.39 bits per heavy atom. The van der Waals surface area contributed by atoms with Gasteiger partial charge in [0.1, 0.15) is 11.5 Å². The van der Waals surface area contributed by atoms with Gasteiger partial charge in [-0.25, -0.2) is 0 Å². The predicted octanol–water partition coefficient (Wildman–Crippen LogP) is 3.56. The number of ketones is 1. The Kier molecular flexibility index (Phi) is 2.37. The summed E-state index contributed by atoms with van der Waals surface area (Å²) in [5, 5.41) is 0. The number of carbonyl (C=O) groups is 1. The van der Waals surface area contributed by atoms with Crippen LogP contribution in [0.5, 0.6) is 5.75 Å². The molecule has 0 aromatic heterocycles. The van der Waals surface area contributed by atoms with Crippen LogP contribution in [0.4, 0.5) is 0 Å². The second-order valence-corrected chi connectivity index (χ2v) is 5.55. The molecular weight excluding hydrogens is 224 g/mol. The van der Waals surface area contributed by atoms with Gasteiger partial charge in [-0.3, -0.25) is 4.79 Å². The minimum atomic E-state index is -0.302. The van der Waals surface area contributed by atoms with Crippen LogP contribution < -0.4 is 4.74 Å². The lowest BCUT2D eigenvalue weighted by Gasteiger charge is -2.34. The molecule has 0 unspecified atom stereocenters. The summed E-state index contributed by atoms with van der Waals surface area (Å²) < 4.78 is 5.47. The van der Waals surface area contributed by atoms with Crippen molar-refractivity contribution in [3.8, 4) is 5.75 Å². The summed E-state index contributed by atoms with van der Waals surface area (Å²) in [7, 11) is 1.70. The van der Waals surface area contributed by atoms with Gasteiger partial charge in [0.15, 0.2) is 0 Å². The fraction of sp³-hybridized carbons (Fsp3) is 0.438. The first-order valence-electron chi connectivity index (χ1n) is 6.48. The Hall–Kier alpha value is -1.57. The van der Waals surface area contributed by atoms with Crippen molar-refractivity contribution in [2.45, 2.75) is 32.6 Å². The quantitative estimate of drug-likeness (QED) is 0.752. The maximum Gasteiger partial charge on any atom is 0.143 e. The fourth-order valence-electron chi connectivity index (χ4n) is 3.65. The molecule has 2 heteroatoms. The third-order valence-corrected chi connectivity index (χ3v) is 4.55. The van der Waals surface area contributed by atoms with Crippen LogP contribution in [-0.4, -0.2) is 12.9 Å². The van der Waals surface area contributed by atoms with Crippen molar-refractivity contribution in [1.29, 1.82) is 0 Å². The molecule has 1 fully saturated rings. The standard InChI is InChI=1S/C16H18O2/c1-10-9-16(2)12(7-8-14(16)17)11-5-4-6-13(18-3)15(10)11/h4-6,9,12H,7-8H2,1-3H3/t12-,16-/m0/s1. The van der Waals surface area contributed by atoms with Crippen molar-refractivity contribution in [3.63, 3.8) is 0 Å². The summed E-state index contributed by atoms with van der Waals surface area (Å²) in [6.07, 6.45) is 3.80. The lowest BCUT2D eigenvalue weighted by molar-refractivity contribution is -0.123. The highest BCUT2D eigenvalue weighted by molar-refractivity contribution is 5.94. The first-order valence-corrected chi connectivity index (χ1v) is 6.48. The second-order valence-electron chi connectivity index (χ2n) is 5.55. The van der Waals surface area contributed by atoms with E-state index in [9.17, 15) is 4.79 Å². The number of benzene rings is 1. The van der Waals surface area contributed by atoms with Crippen molar-refractivity contribution >= 4 is 11.4 Å². The van der Waals surface area contributed by atoms with Gasteiger partial charge in [-0.05, 0) is 37.5 Å². The van der Waals surface area contributed by atoms with Crippen LogP contribution in [0.2, 0.25) is 0 Å². The average Bonchev–Trinajstić information content (AvgIpc) is 2.65. The van der Waals surface area contributed by atoms with Crippen molar-refractivity contribution in [1.82, 2.24) is 0 Å². The summed E-state index contributed by atoms with van der Waals surface area (Å²) in [6.45, 7) is 4.16. The number of hydrogen-bond donors (Lipinski definition) is 0. The first kappa shape index (κ1) is 11.5. The van der Waals surface area contributed by atoms with Crippen LogP contribution in [0.25, 0.3) is 5.57 Å². The van der Waals surface area contributed by atoms with Crippen molar-refractivity contribution in [2.75, 3.05) is 7.11 Å². The zero-order valence-corrected chi connectivity index (χ0v) is 11.1. The van der Waals surface area contributed by atoms with Crippen molar-refractivity contribution in [3.05, 3.63) is 35.4 Å². The summed E-state index contributed by atoms with van der Waals surface area (Å²) in [6, 6.07) is 6.17. The van der Waals surface area contributed by atoms with E-state index in [0.717, 1.165) is 17.7 Å². The van der Waals surface area contributed by atoms with Crippen LogP contribution in [0.3, 0.4) is 0 Å². The van der Waals surface area contributed by atoms with Crippen molar-refractivity contribution in [2.24, 2.45) is 5.41 Å². The van der Waals surface area contributed by atoms with Gasteiger partial charge >= 0.3 is 0 Å². The Bertz CT molecular complexity index is 556. The third-order valence-electron chi connectivity index (χ3n) is 4.55. The number of hydrogen-bond acceptors (Lipinski definition) is 2. The molecule has 2 atom stereocenters. The molecule has 0 aliphatic heterocycles. The number of Topliss-reactive ketones (excluding diaryl/α,β-unsaturated/α-hetero) is 1. The zero-order valence-electron chi connectivity index (χ0n) is 11.1.